The summed E-state index contributed by atoms with van der Waals surface area (Å²) in [6.45, 7) is 5.04. The van der Waals surface area contributed by atoms with E-state index in [1.807, 2.05) is 71.9 Å². The molecular weight excluding hydrogens is 400 g/mol. The summed E-state index contributed by atoms with van der Waals surface area (Å²) in [5, 5.41) is 0. The largest absolute Gasteiger partial charge is 0.457 e. The molecule has 160 valence electrons. The molecule has 0 N–H and O–H groups in total. The second-order valence-electron chi connectivity index (χ2n) is 7.92. The molecule has 0 bridgehead atoms. The Hall–Kier alpha value is -3.93. The summed E-state index contributed by atoms with van der Waals surface area (Å²) in [5.41, 5.74) is 2.83. The first-order chi connectivity index (χ1) is 15.7. The van der Waals surface area contributed by atoms with Gasteiger partial charge in [0.05, 0.1) is 17.4 Å². The van der Waals surface area contributed by atoms with Crippen LogP contribution in [0.1, 0.15) is 24.6 Å². The van der Waals surface area contributed by atoms with Gasteiger partial charge in [-0.15, -0.1) is 0 Å². The van der Waals surface area contributed by atoms with Gasteiger partial charge in [0.15, 0.2) is 0 Å². The van der Waals surface area contributed by atoms with Crippen LogP contribution in [0.2, 0.25) is 0 Å². The van der Waals surface area contributed by atoms with Gasteiger partial charge in [-0.1, -0.05) is 24.8 Å². The Kier molecular flexibility index (Phi) is 5.42. The molecule has 2 aromatic carbocycles. The highest BCUT2D eigenvalue weighted by molar-refractivity contribution is 5.87. The van der Waals surface area contributed by atoms with Gasteiger partial charge in [-0.3, -0.25) is 14.2 Å². The van der Waals surface area contributed by atoms with Gasteiger partial charge in [0.2, 0.25) is 5.91 Å². The number of hydrogen-bond donors (Lipinski definition) is 0. The number of hydrogen-bond acceptors (Lipinski definition) is 4. The highest BCUT2D eigenvalue weighted by Crippen LogP contribution is 2.33. The van der Waals surface area contributed by atoms with E-state index in [1.54, 1.807) is 6.20 Å². The van der Waals surface area contributed by atoms with Crippen molar-refractivity contribution in [1.29, 1.82) is 0 Å². The van der Waals surface area contributed by atoms with Crippen molar-refractivity contribution in [3.8, 4) is 22.8 Å². The molecule has 32 heavy (non-hydrogen) atoms. The van der Waals surface area contributed by atoms with Crippen LogP contribution in [0.5, 0.6) is 11.5 Å². The number of ether oxygens (including phenoxy) is 1. The fourth-order valence-electron chi connectivity index (χ4n) is 4.29. The first-order valence-electron chi connectivity index (χ1n) is 10.8. The summed E-state index contributed by atoms with van der Waals surface area (Å²) in [4.78, 5) is 23.4. The number of piperidine rings is 1. The van der Waals surface area contributed by atoms with E-state index in [-0.39, 0.29) is 11.8 Å². The summed E-state index contributed by atoms with van der Waals surface area (Å²) < 4.78 is 8.02. The Bertz CT molecular complexity index is 1250. The van der Waals surface area contributed by atoms with Crippen molar-refractivity contribution in [2.75, 3.05) is 13.1 Å². The third kappa shape index (κ3) is 3.87. The van der Waals surface area contributed by atoms with Gasteiger partial charge in [-0.2, -0.15) is 0 Å². The molecule has 1 fully saturated rings. The molecule has 4 aromatic rings. The average molecular weight is 425 g/mol. The quantitative estimate of drug-likeness (QED) is 0.419. The van der Waals surface area contributed by atoms with Gasteiger partial charge < -0.3 is 9.64 Å². The zero-order valence-corrected chi connectivity index (χ0v) is 17.7. The second kappa shape index (κ2) is 8.67. The number of likely N-dealkylation sites (tertiary alicyclic amines) is 1. The molecule has 1 saturated heterocycles. The van der Waals surface area contributed by atoms with Crippen LogP contribution in [0.15, 0.2) is 85.8 Å². The number of rotatable bonds is 5. The minimum atomic E-state index is -0.0218. The molecule has 1 aliphatic rings. The monoisotopic (exact) mass is 424 g/mol. The van der Waals surface area contributed by atoms with Crippen LogP contribution in [-0.4, -0.2) is 38.3 Å². The number of carbonyl (C=O) groups excluding carboxylic acids is 1. The number of imidazole rings is 1. The Morgan fingerprint density at radius 1 is 1.09 bits per heavy atom. The SMILES string of the molecule is C=CC(=O)N1CCC[C@H](c2nc(-c3ccc(Oc4ccccc4)cc3)c3cnccn23)C1. The van der Waals surface area contributed by atoms with E-state index in [4.69, 9.17) is 9.72 Å². The van der Waals surface area contributed by atoms with Crippen molar-refractivity contribution in [3.05, 3.63) is 91.7 Å². The van der Waals surface area contributed by atoms with E-state index in [1.165, 1.54) is 6.08 Å². The molecule has 3 heterocycles. The van der Waals surface area contributed by atoms with Gasteiger partial charge in [0, 0.05) is 37.0 Å². The Morgan fingerprint density at radius 2 is 1.88 bits per heavy atom. The predicted molar refractivity (Wildman–Crippen MR) is 124 cm³/mol. The lowest BCUT2D eigenvalue weighted by atomic mass is 9.97. The summed E-state index contributed by atoms with van der Waals surface area (Å²) in [6.07, 6.45) is 8.89. The van der Waals surface area contributed by atoms with Crippen LogP contribution in [0.4, 0.5) is 0 Å². The zero-order valence-electron chi connectivity index (χ0n) is 17.7. The second-order valence-corrected chi connectivity index (χ2v) is 7.92. The minimum Gasteiger partial charge on any atom is -0.457 e. The van der Waals surface area contributed by atoms with Crippen LogP contribution in [0, 0.1) is 0 Å². The van der Waals surface area contributed by atoms with E-state index in [0.717, 1.165) is 53.5 Å². The van der Waals surface area contributed by atoms with Crippen molar-refractivity contribution >= 4 is 11.4 Å². The maximum Gasteiger partial charge on any atom is 0.245 e. The van der Waals surface area contributed by atoms with Crippen molar-refractivity contribution in [2.45, 2.75) is 18.8 Å². The summed E-state index contributed by atoms with van der Waals surface area (Å²) in [6, 6.07) is 17.7. The zero-order chi connectivity index (χ0) is 21.9. The first-order valence-corrected chi connectivity index (χ1v) is 10.8. The molecule has 0 saturated carbocycles. The molecule has 0 aliphatic carbocycles. The highest BCUT2D eigenvalue weighted by atomic mass is 16.5. The Balaban J connectivity index is 1.46. The number of fused-ring (bicyclic) bond motifs is 1. The minimum absolute atomic E-state index is 0.0218. The van der Waals surface area contributed by atoms with Gasteiger partial charge in [0.1, 0.15) is 17.3 Å². The van der Waals surface area contributed by atoms with Crippen molar-refractivity contribution in [1.82, 2.24) is 19.3 Å². The van der Waals surface area contributed by atoms with E-state index in [0.29, 0.717) is 6.54 Å². The maximum atomic E-state index is 12.2. The van der Waals surface area contributed by atoms with Crippen LogP contribution >= 0.6 is 0 Å². The number of aromatic nitrogens is 3. The fraction of sp³-hybridized carbons (Fsp3) is 0.192. The molecule has 0 unspecified atom stereocenters. The van der Waals surface area contributed by atoms with Gasteiger partial charge in [-0.25, -0.2) is 4.98 Å². The number of benzene rings is 2. The van der Waals surface area contributed by atoms with Crippen molar-refractivity contribution < 1.29 is 9.53 Å². The summed E-state index contributed by atoms with van der Waals surface area (Å²) in [7, 11) is 0. The molecule has 6 heteroatoms. The highest BCUT2D eigenvalue weighted by Gasteiger charge is 2.27. The molecule has 1 amide bonds. The lowest BCUT2D eigenvalue weighted by Crippen LogP contribution is -2.38. The molecule has 2 aromatic heterocycles. The summed E-state index contributed by atoms with van der Waals surface area (Å²) in [5.74, 6) is 2.68. The predicted octanol–water partition coefficient (Wildman–Crippen LogP) is 5.08. The van der Waals surface area contributed by atoms with E-state index >= 15 is 0 Å². The number of amides is 1. The van der Waals surface area contributed by atoms with Crippen LogP contribution in [0.3, 0.4) is 0 Å². The topological polar surface area (TPSA) is 59.7 Å². The van der Waals surface area contributed by atoms with Crippen LogP contribution in [0.25, 0.3) is 16.8 Å². The fourth-order valence-corrected chi connectivity index (χ4v) is 4.29. The van der Waals surface area contributed by atoms with Crippen molar-refractivity contribution in [3.63, 3.8) is 0 Å². The maximum absolute atomic E-state index is 12.2. The van der Waals surface area contributed by atoms with Crippen molar-refractivity contribution in [2.24, 2.45) is 0 Å². The normalized spacial score (nSPS) is 16.1. The Labute approximate surface area is 186 Å². The third-order valence-electron chi connectivity index (χ3n) is 5.85. The molecule has 0 spiro atoms. The molecule has 6 nitrogen and oxygen atoms in total. The molecule has 1 atom stereocenters. The van der Waals surface area contributed by atoms with Gasteiger partial charge in [0.25, 0.3) is 0 Å². The van der Waals surface area contributed by atoms with Crippen LogP contribution < -0.4 is 4.74 Å². The first kappa shape index (κ1) is 20.0. The molecule has 5 rings (SSSR count). The average Bonchev–Trinajstić information content (AvgIpc) is 3.24. The Morgan fingerprint density at radius 3 is 2.66 bits per heavy atom. The molecule has 1 aliphatic heterocycles. The number of para-hydroxylation sites is 1. The van der Waals surface area contributed by atoms with E-state index in [9.17, 15) is 4.79 Å². The lowest BCUT2D eigenvalue weighted by molar-refractivity contribution is -0.127. The van der Waals surface area contributed by atoms with Crippen LogP contribution in [-0.2, 0) is 4.79 Å². The molecule has 0 radical (unpaired) electrons. The van der Waals surface area contributed by atoms with E-state index < -0.39 is 0 Å². The van der Waals surface area contributed by atoms with Gasteiger partial charge in [-0.05, 0) is 55.3 Å². The van der Waals surface area contributed by atoms with E-state index in [2.05, 4.69) is 16.0 Å². The number of carbonyl (C=O) groups is 1. The number of nitrogens with zero attached hydrogens (tertiary/aromatic N) is 4. The van der Waals surface area contributed by atoms with Gasteiger partial charge >= 0.3 is 0 Å². The lowest BCUT2D eigenvalue weighted by Gasteiger charge is -2.31. The summed E-state index contributed by atoms with van der Waals surface area (Å²) >= 11 is 0. The standard InChI is InChI=1S/C26H24N4O2/c1-2-24(31)29-15-6-7-20(18-29)26-28-25(23-17-27-14-16-30(23)26)19-10-12-22(13-11-19)32-21-8-4-3-5-9-21/h2-5,8-14,16-17,20H,1,6-7,15,18H2/t20-/m0/s1. The third-order valence-corrected chi connectivity index (χ3v) is 5.85. The molecular formula is C26H24N4O2. The smallest absolute Gasteiger partial charge is 0.245 e.